The minimum Gasteiger partial charge on any atom is -0.481 e. The number of hydrogen-bond acceptors (Lipinski definition) is 3. The lowest BCUT2D eigenvalue weighted by atomic mass is 9.95. The maximum absolute atomic E-state index is 10.3. The predicted octanol–water partition coefficient (Wildman–Crippen LogP) is 3.24. The van der Waals surface area contributed by atoms with Crippen LogP contribution >= 0.6 is 0 Å². The van der Waals surface area contributed by atoms with Gasteiger partial charge in [-0.05, 0) is 44.4 Å². The van der Waals surface area contributed by atoms with Gasteiger partial charge >= 0.3 is 5.97 Å². The second-order valence-corrected chi connectivity index (χ2v) is 5.37. The SMILES string of the molecule is O=C(O)CCCCCCOCCCC1CCOCC1. The van der Waals surface area contributed by atoms with E-state index in [9.17, 15) is 4.79 Å². The highest BCUT2D eigenvalue weighted by Crippen LogP contribution is 2.19. The number of rotatable bonds is 11. The molecule has 4 nitrogen and oxygen atoms in total. The lowest BCUT2D eigenvalue weighted by Crippen LogP contribution is -2.16. The zero-order valence-corrected chi connectivity index (χ0v) is 11.9. The average Bonchev–Trinajstić information content (AvgIpc) is 2.42. The van der Waals surface area contributed by atoms with Crippen LogP contribution in [0.4, 0.5) is 0 Å². The van der Waals surface area contributed by atoms with Crippen molar-refractivity contribution >= 4 is 5.97 Å². The molecular formula is C15H28O4. The highest BCUT2D eigenvalue weighted by molar-refractivity contribution is 5.66. The van der Waals surface area contributed by atoms with Crippen LogP contribution in [-0.4, -0.2) is 37.5 Å². The van der Waals surface area contributed by atoms with Crippen LogP contribution in [0, 0.1) is 5.92 Å². The van der Waals surface area contributed by atoms with Gasteiger partial charge in [0.1, 0.15) is 0 Å². The van der Waals surface area contributed by atoms with E-state index >= 15 is 0 Å². The summed E-state index contributed by atoms with van der Waals surface area (Å²) >= 11 is 0. The van der Waals surface area contributed by atoms with Crippen LogP contribution in [0.1, 0.15) is 57.8 Å². The van der Waals surface area contributed by atoms with Gasteiger partial charge in [-0.1, -0.05) is 12.8 Å². The predicted molar refractivity (Wildman–Crippen MR) is 74.3 cm³/mol. The third kappa shape index (κ3) is 9.91. The van der Waals surface area contributed by atoms with Crippen LogP contribution in [0.3, 0.4) is 0 Å². The van der Waals surface area contributed by atoms with Crippen LogP contribution in [0.25, 0.3) is 0 Å². The lowest BCUT2D eigenvalue weighted by molar-refractivity contribution is -0.137. The first kappa shape index (κ1) is 16.4. The van der Waals surface area contributed by atoms with Gasteiger partial charge in [0.25, 0.3) is 0 Å². The van der Waals surface area contributed by atoms with E-state index in [1.54, 1.807) is 0 Å². The van der Waals surface area contributed by atoms with Crippen molar-refractivity contribution in [1.29, 1.82) is 0 Å². The average molecular weight is 272 g/mol. The smallest absolute Gasteiger partial charge is 0.303 e. The standard InChI is InChI=1S/C15H28O4/c16-15(17)7-3-1-2-4-10-18-11-5-6-14-8-12-19-13-9-14/h14H,1-13H2,(H,16,17). The molecule has 1 rings (SSSR count). The normalized spacial score (nSPS) is 16.6. The Morgan fingerprint density at radius 1 is 1.05 bits per heavy atom. The molecule has 0 aromatic carbocycles. The van der Waals surface area contributed by atoms with Crippen LogP contribution in [0.5, 0.6) is 0 Å². The van der Waals surface area contributed by atoms with Gasteiger partial charge in [-0.15, -0.1) is 0 Å². The fourth-order valence-corrected chi connectivity index (χ4v) is 2.45. The van der Waals surface area contributed by atoms with Gasteiger partial charge in [0, 0.05) is 32.8 Å². The van der Waals surface area contributed by atoms with E-state index in [2.05, 4.69) is 0 Å². The Morgan fingerprint density at radius 2 is 1.74 bits per heavy atom. The quantitative estimate of drug-likeness (QED) is 0.587. The molecule has 0 aromatic heterocycles. The molecule has 4 heteroatoms. The molecule has 0 radical (unpaired) electrons. The summed E-state index contributed by atoms with van der Waals surface area (Å²) in [5.41, 5.74) is 0. The number of hydrogen-bond donors (Lipinski definition) is 1. The molecule has 1 N–H and O–H groups in total. The molecule has 0 amide bonds. The highest BCUT2D eigenvalue weighted by Gasteiger charge is 2.12. The lowest BCUT2D eigenvalue weighted by Gasteiger charge is -2.21. The Kier molecular flexibility index (Phi) is 9.72. The van der Waals surface area contributed by atoms with Gasteiger partial charge in [0.05, 0.1) is 0 Å². The van der Waals surface area contributed by atoms with Crippen molar-refractivity contribution in [3.63, 3.8) is 0 Å². The van der Waals surface area contributed by atoms with E-state index in [1.165, 1.54) is 19.3 Å². The van der Waals surface area contributed by atoms with Crippen LogP contribution < -0.4 is 0 Å². The molecule has 0 atom stereocenters. The minimum absolute atomic E-state index is 0.298. The molecule has 1 aliphatic rings. The number of aliphatic carboxylic acids is 1. The number of carboxylic acid groups (broad SMARTS) is 1. The number of unbranched alkanes of at least 4 members (excludes halogenated alkanes) is 3. The summed E-state index contributed by atoms with van der Waals surface area (Å²) in [6.45, 7) is 3.55. The molecule has 1 aliphatic heterocycles. The Morgan fingerprint density at radius 3 is 2.47 bits per heavy atom. The summed E-state index contributed by atoms with van der Waals surface area (Å²) in [5.74, 6) is 0.151. The van der Waals surface area contributed by atoms with Gasteiger partial charge < -0.3 is 14.6 Å². The van der Waals surface area contributed by atoms with Gasteiger partial charge in [-0.2, -0.15) is 0 Å². The van der Waals surface area contributed by atoms with Gasteiger partial charge in [0.15, 0.2) is 0 Å². The van der Waals surface area contributed by atoms with E-state index < -0.39 is 5.97 Å². The molecule has 0 saturated carbocycles. The second kappa shape index (κ2) is 11.2. The molecule has 1 heterocycles. The third-order valence-corrected chi connectivity index (χ3v) is 3.67. The van der Waals surface area contributed by atoms with Crippen molar-refractivity contribution in [2.24, 2.45) is 5.92 Å². The molecule has 0 bridgehead atoms. The fraction of sp³-hybridized carbons (Fsp3) is 0.933. The molecule has 112 valence electrons. The van der Waals surface area contributed by atoms with Crippen LogP contribution in [0.15, 0.2) is 0 Å². The topological polar surface area (TPSA) is 55.8 Å². The maximum Gasteiger partial charge on any atom is 0.303 e. The molecule has 19 heavy (non-hydrogen) atoms. The minimum atomic E-state index is -0.690. The zero-order chi connectivity index (χ0) is 13.8. The zero-order valence-electron chi connectivity index (χ0n) is 11.9. The van der Waals surface area contributed by atoms with Crippen molar-refractivity contribution in [3.05, 3.63) is 0 Å². The largest absolute Gasteiger partial charge is 0.481 e. The van der Waals surface area contributed by atoms with Gasteiger partial charge in [-0.25, -0.2) is 0 Å². The van der Waals surface area contributed by atoms with Crippen LogP contribution in [0.2, 0.25) is 0 Å². The van der Waals surface area contributed by atoms with E-state index in [0.717, 1.165) is 64.4 Å². The molecule has 0 spiro atoms. The van der Waals surface area contributed by atoms with Gasteiger partial charge in [-0.3, -0.25) is 4.79 Å². The Labute approximate surface area is 116 Å². The molecule has 0 aromatic rings. The first-order valence-electron chi connectivity index (χ1n) is 7.66. The van der Waals surface area contributed by atoms with Gasteiger partial charge in [0.2, 0.25) is 0 Å². The van der Waals surface area contributed by atoms with Crippen molar-refractivity contribution in [3.8, 4) is 0 Å². The summed E-state index contributed by atoms with van der Waals surface area (Å²) in [4.78, 5) is 10.3. The summed E-state index contributed by atoms with van der Waals surface area (Å²) in [6.07, 6.45) is 9.06. The Hall–Kier alpha value is -0.610. The summed E-state index contributed by atoms with van der Waals surface area (Å²) in [6, 6.07) is 0. The molecule has 0 aliphatic carbocycles. The highest BCUT2D eigenvalue weighted by atomic mass is 16.5. The van der Waals surface area contributed by atoms with Crippen molar-refractivity contribution in [2.45, 2.75) is 57.8 Å². The Bertz CT molecular complexity index is 224. The molecule has 1 fully saturated rings. The van der Waals surface area contributed by atoms with E-state index in [0.29, 0.717) is 6.42 Å². The summed E-state index contributed by atoms with van der Waals surface area (Å²) < 4.78 is 10.9. The van der Waals surface area contributed by atoms with E-state index in [-0.39, 0.29) is 0 Å². The van der Waals surface area contributed by atoms with E-state index in [4.69, 9.17) is 14.6 Å². The van der Waals surface area contributed by atoms with Crippen molar-refractivity contribution in [1.82, 2.24) is 0 Å². The Balaban J connectivity index is 1.74. The summed E-state index contributed by atoms with van der Waals surface area (Å²) in [5, 5.41) is 8.49. The van der Waals surface area contributed by atoms with E-state index in [1.807, 2.05) is 0 Å². The monoisotopic (exact) mass is 272 g/mol. The number of carboxylic acids is 1. The first-order valence-corrected chi connectivity index (χ1v) is 7.66. The fourth-order valence-electron chi connectivity index (χ4n) is 2.45. The molecule has 1 saturated heterocycles. The van der Waals surface area contributed by atoms with Crippen LogP contribution in [-0.2, 0) is 14.3 Å². The number of carbonyl (C=O) groups is 1. The molecular weight excluding hydrogens is 244 g/mol. The summed E-state index contributed by atoms with van der Waals surface area (Å²) in [7, 11) is 0. The van der Waals surface area contributed by atoms with Crippen molar-refractivity contribution in [2.75, 3.05) is 26.4 Å². The first-order chi connectivity index (χ1) is 9.29. The second-order valence-electron chi connectivity index (χ2n) is 5.37. The third-order valence-electron chi connectivity index (χ3n) is 3.67. The number of ether oxygens (including phenoxy) is 2. The maximum atomic E-state index is 10.3. The van der Waals surface area contributed by atoms with Crippen molar-refractivity contribution < 1.29 is 19.4 Å². The molecule has 0 unspecified atom stereocenters.